The van der Waals surface area contributed by atoms with Crippen LogP contribution in [0.3, 0.4) is 0 Å². The van der Waals surface area contributed by atoms with Gasteiger partial charge in [0.25, 0.3) is 0 Å². The van der Waals surface area contributed by atoms with Crippen LogP contribution in [0, 0.1) is 5.92 Å². The summed E-state index contributed by atoms with van der Waals surface area (Å²) in [4.78, 5) is 26.3. The van der Waals surface area contributed by atoms with E-state index in [9.17, 15) is 9.59 Å². The average molecular weight is 454 g/mol. The number of hydrogen-bond acceptors (Lipinski definition) is 4. The third-order valence-corrected chi connectivity index (χ3v) is 6.78. The highest BCUT2D eigenvalue weighted by Crippen LogP contribution is 2.56. The van der Waals surface area contributed by atoms with E-state index in [4.69, 9.17) is 9.47 Å². The number of rotatable bonds is 5. The van der Waals surface area contributed by atoms with E-state index in [1.165, 1.54) is 17.2 Å². The minimum atomic E-state index is -0.523. The first kappa shape index (κ1) is 25.1. The first-order chi connectivity index (χ1) is 15.3. The van der Waals surface area contributed by atoms with Gasteiger partial charge in [-0.2, -0.15) is 0 Å². The molecule has 1 aromatic rings. The van der Waals surface area contributed by atoms with E-state index in [2.05, 4.69) is 45.0 Å². The van der Waals surface area contributed by atoms with Crippen molar-refractivity contribution in [3.63, 3.8) is 0 Å². The molecule has 2 unspecified atom stereocenters. The van der Waals surface area contributed by atoms with Gasteiger partial charge in [0.05, 0.1) is 12.3 Å². The number of benzene rings is 1. The maximum atomic E-state index is 12.9. The van der Waals surface area contributed by atoms with Crippen molar-refractivity contribution >= 4 is 17.7 Å². The third-order valence-electron chi connectivity index (χ3n) is 6.78. The number of ether oxygens (including phenoxy) is 2. The summed E-state index contributed by atoms with van der Waals surface area (Å²) >= 11 is 0. The zero-order valence-electron chi connectivity index (χ0n) is 21.5. The van der Waals surface area contributed by atoms with Crippen molar-refractivity contribution in [2.24, 2.45) is 5.92 Å². The molecule has 5 heteroatoms. The summed E-state index contributed by atoms with van der Waals surface area (Å²) in [5.41, 5.74) is 3.86. The molecule has 5 nitrogen and oxygen atoms in total. The molecular formula is C28H39NO4. The lowest BCUT2D eigenvalue weighted by Gasteiger charge is -2.40. The second-order valence-corrected chi connectivity index (χ2v) is 11.2. The Balaban J connectivity index is 1.82. The molecule has 1 amide bonds. The van der Waals surface area contributed by atoms with Gasteiger partial charge in [0, 0.05) is 12.6 Å². The van der Waals surface area contributed by atoms with Gasteiger partial charge in [-0.3, -0.25) is 4.90 Å². The fourth-order valence-corrected chi connectivity index (χ4v) is 4.52. The van der Waals surface area contributed by atoms with Gasteiger partial charge in [0.15, 0.2) is 0 Å². The molecule has 1 fully saturated rings. The Morgan fingerprint density at radius 1 is 1.21 bits per heavy atom. The quantitative estimate of drug-likeness (QED) is 0.292. The van der Waals surface area contributed by atoms with Crippen LogP contribution in [0.2, 0.25) is 0 Å². The minimum absolute atomic E-state index is 0.0145. The van der Waals surface area contributed by atoms with Crippen molar-refractivity contribution in [3.8, 4) is 0 Å². The Kier molecular flexibility index (Phi) is 6.84. The molecule has 3 rings (SSSR count). The topological polar surface area (TPSA) is 55.8 Å². The highest BCUT2D eigenvalue weighted by Gasteiger charge is 2.50. The average Bonchev–Trinajstić information content (AvgIpc) is 3.36. The number of carbonyl (C=O) groups is 2. The molecular weight excluding hydrogens is 414 g/mol. The molecule has 1 aromatic carbocycles. The van der Waals surface area contributed by atoms with Crippen molar-refractivity contribution in [1.82, 2.24) is 0 Å². The summed E-state index contributed by atoms with van der Waals surface area (Å²) in [5.74, 6) is 0.111. The van der Waals surface area contributed by atoms with Gasteiger partial charge in [-0.1, -0.05) is 45.1 Å². The van der Waals surface area contributed by atoms with Crippen LogP contribution < -0.4 is 4.90 Å². The summed E-state index contributed by atoms with van der Waals surface area (Å²) in [7, 11) is 0. The summed E-state index contributed by atoms with van der Waals surface area (Å²) < 4.78 is 10.6. The van der Waals surface area contributed by atoms with Crippen LogP contribution in [0.25, 0.3) is 0 Å². The number of nitrogens with zero attached hydrogens (tertiary/aromatic N) is 1. The first-order valence-electron chi connectivity index (χ1n) is 12.0. The normalized spacial score (nSPS) is 24.4. The number of anilines is 1. The van der Waals surface area contributed by atoms with E-state index in [1.54, 1.807) is 11.8 Å². The van der Waals surface area contributed by atoms with Crippen molar-refractivity contribution in [2.45, 2.75) is 84.7 Å². The molecule has 1 saturated carbocycles. The lowest BCUT2D eigenvalue weighted by atomic mass is 9.76. The predicted octanol–water partition coefficient (Wildman–Crippen LogP) is 6.45. The SMILES string of the molecule is CCOC(=O)C=C(C)C=CC1CC1(C)c1ccc2c(c1)C(C)(C)CCN2C(=O)OC(C)(C)C. The largest absolute Gasteiger partial charge is 0.463 e. The van der Waals surface area contributed by atoms with Gasteiger partial charge >= 0.3 is 12.1 Å². The molecule has 1 heterocycles. The number of carbonyl (C=O) groups excluding carboxylic acids is 2. The lowest BCUT2D eigenvalue weighted by Crippen LogP contribution is -2.43. The van der Waals surface area contributed by atoms with E-state index in [0.717, 1.165) is 24.1 Å². The van der Waals surface area contributed by atoms with Crippen LogP contribution in [-0.2, 0) is 25.1 Å². The predicted molar refractivity (Wildman–Crippen MR) is 133 cm³/mol. The molecule has 1 aliphatic carbocycles. The van der Waals surface area contributed by atoms with Gasteiger partial charge in [-0.15, -0.1) is 0 Å². The summed E-state index contributed by atoms with van der Waals surface area (Å²) in [6.07, 6.45) is 7.41. The van der Waals surface area contributed by atoms with Crippen LogP contribution in [-0.4, -0.2) is 30.8 Å². The van der Waals surface area contributed by atoms with E-state index in [-0.39, 0.29) is 22.9 Å². The van der Waals surface area contributed by atoms with Gasteiger partial charge in [0.1, 0.15) is 5.60 Å². The molecule has 2 aliphatic rings. The summed E-state index contributed by atoms with van der Waals surface area (Å²) in [6, 6.07) is 6.54. The molecule has 0 aromatic heterocycles. The highest BCUT2D eigenvalue weighted by atomic mass is 16.6. The molecule has 33 heavy (non-hydrogen) atoms. The number of fused-ring (bicyclic) bond motifs is 1. The zero-order chi connectivity index (χ0) is 24.6. The number of amides is 1. The second kappa shape index (κ2) is 9.00. The Bertz CT molecular complexity index is 982. The smallest absolute Gasteiger partial charge is 0.414 e. The lowest BCUT2D eigenvalue weighted by molar-refractivity contribution is -0.137. The molecule has 0 spiro atoms. The highest BCUT2D eigenvalue weighted by molar-refractivity contribution is 5.90. The number of esters is 1. The van der Waals surface area contributed by atoms with Crippen LogP contribution in [0.1, 0.15) is 79.4 Å². The van der Waals surface area contributed by atoms with Gasteiger partial charge in [0.2, 0.25) is 0 Å². The molecule has 0 bridgehead atoms. The van der Waals surface area contributed by atoms with Crippen molar-refractivity contribution in [1.29, 1.82) is 0 Å². The molecule has 0 saturated heterocycles. The fourth-order valence-electron chi connectivity index (χ4n) is 4.52. The molecule has 0 radical (unpaired) electrons. The van der Waals surface area contributed by atoms with Crippen molar-refractivity contribution in [2.75, 3.05) is 18.1 Å². The molecule has 0 N–H and O–H groups in total. The minimum Gasteiger partial charge on any atom is -0.463 e. The number of hydrogen-bond donors (Lipinski definition) is 0. The zero-order valence-corrected chi connectivity index (χ0v) is 21.5. The molecule has 180 valence electrons. The Morgan fingerprint density at radius 2 is 1.91 bits per heavy atom. The van der Waals surface area contributed by atoms with Crippen LogP contribution >= 0.6 is 0 Å². The first-order valence-corrected chi connectivity index (χ1v) is 12.0. The van der Waals surface area contributed by atoms with Crippen LogP contribution in [0.5, 0.6) is 0 Å². The maximum absolute atomic E-state index is 12.9. The van der Waals surface area contributed by atoms with Crippen LogP contribution in [0.15, 0.2) is 42.0 Å². The van der Waals surface area contributed by atoms with Gasteiger partial charge < -0.3 is 9.47 Å². The van der Waals surface area contributed by atoms with Crippen molar-refractivity contribution in [3.05, 3.63) is 53.1 Å². The van der Waals surface area contributed by atoms with E-state index in [0.29, 0.717) is 19.1 Å². The van der Waals surface area contributed by atoms with E-state index >= 15 is 0 Å². The van der Waals surface area contributed by atoms with Gasteiger partial charge in [-0.05, 0) is 87.0 Å². The monoisotopic (exact) mass is 453 g/mol. The molecule has 1 aliphatic heterocycles. The van der Waals surface area contributed by atoms with Gasteiger partial charge in [-0.25, -0.2) is 9.59 Å². The Hall–Kier alpha value is -2.56. The standard InChI is InChI=1S/C28H39NO4/c1-9-32-24(30)16-19(2)10-11-21-18-28(21,8)20-12-13-23-22(17-20)27(6,7)14-15-29(23)25(31)33-26(3,4)5/h10-13,16-17,21H,9,14-15,18H2,1-8H3. The molecule has 2 atom stereocenters. The maximum Gasteiger partial charge on any atom is 0.414 e. The Labute approximate surface area is 198 Å². The van der Waals surface area contributed by atoms with Crippen molar-refractivity contribution < 1.29 is 19.1 Å². The number of allylic oxidation sites excluding steroid dienone is 3. The summed E-state index contributed by atoms with van der Waals surface area (Å²) in [6.45, 7) is 17.2. The summed E-state index contributed by atoms with van der Waals surface area (Å²) in [5, 5.41) is 0. The Morgan fingerprint density at radius 3 is 2.55 bits per heavy atom. The van der Waals surface area contributed by atoms with Crippen LogP contribution in [0.4, 0.5) is 10.5 Å². The van der Waals surface area contributed by atoms with E-state index in [1.807, 2.05) is 33.8 Å². The second-order valence-electron chi connectivity index (χ2n) is 11.2. The third kappa shape index (κ3) is 5.69. The fraction of sp³-hybridized carbons (Fsp3) is 0.571. The van der Waals surface area contributed by atoms with E-state index < -0.39 is 5.60 Å².